The van der Waals surface area contributed by atoms with Gasteiger partial charge < -0.3 is 10.5 Å². The summed E-state index contributed by atoms with van der Waals surface area (Å²) in [5.41, 5.74) is 8.10. The first-order chi connectivity index (χ1) is 11.6. The zero-order valence-electron chi connectivity index (χ0n) is 13.0. The summed E-state index contributed by atoms with van der Waals surface area (Å²) in [6, 6.07) is 3.90. The molecule has 7 nitrogen and oxygen atoms in total. The van der Waals surface area contributed by atoms with Crippen molar-refractivity contribution >= 4 is 44.5 Å². The standard InChI is InChI=1S/C15H16BrClN6O/c1-2-3-6-24-15-21-12(18)11-13(22-15)23(14(16)20-11)8-9-4-5-10(17)19-7-9/h4-5,7H,2-3,6,8H2,1H3,(H2,18,21,22). The molecule has 0 unspecified atom stereocenters. The lowest BCUT2D eigenvalue weighted by molar-refractivity contribution is 0.286. The van der Waals surface area contributed by atoms with Crippen LogP contribution in [0.25, 0.3) is 11.2 Å². The number of imidazole rings is 1. The predicted molar refractivity (Wildman–Crippen MR) is 96.2 cm³/mol. The van der Waals surface area contributed by atoms with Gasteiger partial charge in [0.2, 0.25) is 0 Å². The molecule has 0 aromatic carbocycles. The van der Waals surface area contributed by atoms with Gasteiger partial charge in [-0.1, -0.05) is 31.0 Å². The summed E-state index contributed by atoms with van der Waals surface area (Å²) in [5.74, 6) is 0.292. The Balaban J connectivity index is 1.96. The molecule has 0 amide bonds. The smallest absolute Gasteiger partial charge is 0.320 e. The van der Waals surface area contributed by atoms with Crippen molar-refractivity contribution in [2.24, 2.45) is 0 Å². The van der Waals surface area contributed by atoms with Gasteiger partial charge in [0, 0.05) is 6.20 Å². The van der Waals surface area contributed by atoms with Crippen LogP contribution in [0.2, 0.25) is 5.15 Å². The second-order valence-electron chi connectivity index (χ2n) is 5.22. The van der Waals surface area contributed by atoms with Crippen molar-refractivity contribution in [1.82, 2.24) is 24.5 Å². The van der Waals surface area contributed by atoms with Gasteiger partial charge in [-0.2, -0.15) is 9.97 Å². The molecule has 24 heavy (non-hydrogen) atoms. The Bertz CT molecular complexity index is 851. The average Bonchev–Trinajstić information content (AvgIpc) is 2.87. The highest BCUT2D eigenvalue weighted by Gasteiger charge is 2.16. The number of nitrogens with two attached hydrogens (primary N) is 1. The monoisotopic (exact) mass is 410 g/mol. The summed E-state index contributed by atoms with van der Waals surface area (Å²) in [4.78, 5) is 17.1. The van der Waals surface area contributed by atoms with Crippen LogP contribution in [0.4, 0.5) is 5.82 Å². The van der Waals surface area contributed by atoms with E-state index in [0.29, 0.717) is 40.0 Å². The van der Waals surface area contributed by atoms with Crippen LogP contribution in [0.15, 0.2) is 23.1 Å². The number of fused-ring (bicyclic) bond motifs is 1. The molecule has 3 aromatic rings. The van der Waals surface area contributed by atoms with E-state index >= 15 is 0 Å². The molecular formula is C15H16BrClN6O. The topological polar surface area (TPSA) is 91.7 Å². The Hall–Kier alpha value is -1.93. The van der Waals surface area contributed by atoms with Crippen molar-refractivity contribution < 1.29 is 4.74 Å². The van der Waals surface area contributed by atoms with Crippen molar-refractivity contribution in [3.63, 3.8) is 0 Å². The molecule has 0 bridgehead atoms. The van der Waals surface area contributed by atoms with Crippen molar-refractivity contribution in [2.75, 3.05) is 12.3 Å². The van der Waals surface area contributed by atoms with Gasteiger partial charge in [0.15, 0.2) is 21.7 Å². The number of halogens is 2. The minimum atomic E-state index is 0.260. The van der Waals surface area contributed by atoms with Crippen molar-refractivity contribution in [3.8, 4) is 6.01 Å². The summed E-state index contributed by atoms with van der Waals surface area (Å²) in [6.45, 7) is 3.16. The number of nitrogens with zero attached hydrogens (tertiary/aromatic N) is 5. The van der Waals surface area contributed by atoms with E-state index in [1.807, 2.05) is 10.6 Å². The van der Waals surface area contributed by atoms with E-state index in [-0.39, 0.29) is 6.01 Å². The second-order valence-corrected chi connectivity index (χ2v) is 6.32. The molecule has 9 heteroatoms. The molecule has 3 heterocycles. The van der Waals surface area contributed by atoms with E-state index in [1.54, 1.807) is 12.3 Å². The van der Waals surface area contributed by atoms with Gasteiger partial charge in [-0.05, 0) is 34.0 Å². The SMILES string of the molecule is CCCCOc1nc(N)c2nc(Br)n(Cc3ccc(Cl)nc3)c2n1. The van der Waals surface area contributed by atoms with Gasteiger partial charge in [-0.25, -0.2) is 9.97 Å². The first-order valence-corrected chi connectivity index (χ1v) is 8.68. The average molecular weight is 412 g/mol. The van der Waals surface area contributed by atoms with Crippen LogP contribution in [0.5, 0.6) is 6.01 Å². The highest BCUT2D eigenvalue weighted by atomic mass is 79.9. The molecule has 0 spiro atoms. The summed E-state index contributed by atoms with van der Waals surface area (Å²) in [7, 11) is 0. The largest absolute Gasteiger partial charge is 0.463 e. The van der Waals surface area contributed by atoms with Gasteiger partial charge in [0.25, 0.3) is 0 Å². The molecule has 3 aromatic heterocycles. The molecule has 126 valence electrons. The van der Waals surface area contributed by atoms with Gasteiger partial charge in [0.05, 0.1) is 13.2 Å². The molecule has 0 saturated heterocycles. The van der Waals surface area contributed by atoms with E-state index in [2.05, 4.69) is 42.8 Å². The maximum atomic E-state index is 6.00. The predicted octanol–water partition coefficient (Wildman–Crippen LogP) is 3.45. The maximum absolute atomic E-state index is 6.00. The van der Waals surface area contributed by atoms with E-state index in [0.717, 1.165) is 18.4 Å². The fourth-order valence-electron chi connectivity index (χ4n) is 2.17. The highest BCUT2D eigenvalue weighted by molar-refractivity contribution is 9.10. The Morgan fingerprint density at radius 2 is 2.12 bits per heavy atom. The first-order valence-electron chi connectivity index (χ1n) is 7.51. The van der Waals surface area contributed by atoms with Crippen LogP contribution in [-0.2, 0) is 6.54 Å². The molecule has 0 radical (unpaired) electrons. The molecule has 0 aliphatic rings. The number of hydrogen-bond acceptors (Lipinski definition) is 6. The number of aromatic nitrogens is 5. The lowest BCUT2D eigenvalue weighted by Gasteiger charge is -2.07. The van der Waals surface area contributed by atoms with E-state index < -0.39 is 0 Å². The fraction of sp³-hybridized carbons (Fsp3) is 0.333. The van der Waals surface area contributed by atoms with Crippen molar-refractivity contribution in [2.45, 2.75) is 26.3 Å². The molecule has 0 saturated carbocycles. The maximum Gasteiger partial charge on any atom is 0.320 e. The first kappa shape index (κ1) is 16.9. The Morgan fingerprint density at radius 3 is 2.83 bits per heavy atom. The van der Waals surface area contributed by atoms with Gasteiger partial charge >= 0.3 is 6.01 Å². The molecule has 0 fully saturated rings. The van der Waals surface area contributed by atoms with Crippen LogP contribution in [0.1, 0.15) is 25.3 Å². The minimum Gasteiger partial charge on any atom is -0.463 e. The number of pyridine rings is 1. The number of rotatable bonds is 6. The summed E-state index contributed by atoms with van der Waals surface area (Å²) in [5, 5.41) is 0.450. The zero-order chi connectivity index (χ0) is 17.1. The Morgan fingerprint density at radius 1 is 1.29 bits per heavy atom. The molecule has 3 rings (SSSR count). The van der Waals surface area contributed by atoms with Crippen LogP contribution < -0.4 is 10.5 Å². The number of unbranched alkanes of at least 4 members (excludes halogenated alkanes) is 1. The molecule has 2 N–H and O–H groups in total. The van der Waals surface area contributed by atoms with Crippen LogP contribution >= 0.6 is 27.5 Å². The van der Waals surface area contributed by atoms with E-state index in [4.69, 9.17) is 22.1 Å². The normalized spacial score (nSPS) is 11.1. The number of ether oxygens (including phenoxy) is 1. The number of nitrogen functional groups attached to an aromatic ring is 1. The zero-order valence-corrected chi connectivity index (χ0v) is 15.4. The number of hydrogen-bond donors (Lipinski definition) is 1. The second kappa shape index (κ2) is 7.31. The Kier molecular flexibility index (Phi) is 5.15. The molecule has 0 atom stereocenters. The van der Waals surface area contributed by atoms with Crippen LogP contribution in [0.3, 0.4) is 0 Å². The van der Waals surface area contributed by atoms with Crippen molar-refractivity contribution in [3.05, 3.63) is 33.8 Å². The van der Waals surface area contributed by atoms with Crippen LogP contribution in [-0.4, -0.2) is 31.1 Å². The fourth-order valence-corrected chi connectivity index (χ4v) is 2.75. The lowest BCUT2D eigenvalue weighted by Crippen LogP contribution is -2.06. The highest BCUT2D eigenvalue weighted by Crippen LogP contribution is 2.25. The summed E-state index contributed by atoms with van der Waals surface area (Å²) < 4.78 is 8.07. The van der Waals surface area contributed by atoms with Crippen LogP contribution in [0, 0.1) is 0 Å². The third-order valence-electron chi connectivity index (χ3n) is 3.41. The molecular weight excluding hydrogens is 396 g/mol. The summed E-state index contributed by atoms with van der Waals surface area (Å²) >= 11 is 9.27. The molecule has 0 aliphatic heterocycles. The molecule has 0 aliphatic carbocycles. The van der Waals surface area contributed by atoms with Crippen molar-refractivity contribution in [1.29, 1.82) is 0 Å². The van der Waals surface area contributed by atoms with E-state index in [9.17, 15) is 0 Å². The van der Waals surface area contributed by atoms with E-state index in [1.165, 1.54) is 0 Å². The van der Waals surface area contributed by atoms with Gasteiger partial charge in [0.1, 0.15) is 5.15 Å². The Labute approximate surface area is 152 Å². The third kappa shape index (κ3) is 3.59. The van der Waals surface area contributed by atoms with Gasteiger partial charge in [-0.15, -0.1) is 0 Å². The third-order valence-corrected chi connectivity index (χ3v) is 4.24. The number of anilines is 1. The van der Waals surface area contributed by atoms with Gasteiger partial charge in [-0.3, -0.25) is 4.57 Å². The lowest BCUT2D eigenvalue weighted by atomic mass is 10.3. The minimum absolute atomic E-state index is 0.260. The quantitative estimate of drug-likeness (QED) is 0.379. The summed E-state index contributed by atoms with van der Waals surface area (Å²) in [6.07, 6.45) is 3.68.